The molecular formula is C9H15NO2. The number of ether oxygens (including phenoxy) is 1. The lowest BCUT2D eigenvalue weighted by atomic mass is 9.78. The number of piperidine rings is 3. The van der Waals surface area contributed by atoms with Crippen LogP contribution in [0.4, 0.5) is 0 Å². The van der Waals surface area contributed by atoms with Crippen LogP contribution >= 0.6 is 0 Å². The summed E-state index contributed by atoms with van der Waals surface area (Å²) in [7, 11) is 1.70. The Morgan fingerprint density at radius 2 is 2.08 bits per heavy atom. The van der Waals surface area contributed by atoms with E-state index in [2.05, 4.69) is 4.90 Å². The fraction of sp³-hybridized carbons (Fsp3) is 0.889. The van der Waals surface area contributed by atoms with Gasteiger partial charge in [-0.2, -0.15) is 0 Å². The summed E-state index contributed by atoms with van der Waals surface area (Å²) in [5, 5.41) is 0. The summed E-state index contributed by atoms with van der Waals surface area (Å²) < 4.78 is 5.32. The first kappa shape index (κ1) is 8.20. The lowest BCUT2D eigenvalue weighted by Gasteiger charge is -2.48. The van der Waals surface area contributed by atoms with Crippen LogP contribution in [0.2, 0.25) is 0 Å². The first-order valence-electron chi connectivity index (χ1n) is 4.59. The molecule has 3 saturated heterocycles. The average Bonchev–Trinajstić information content (AvgIpc) is 2.18. The SMILES string of the molecule is COC1C(C=O)C2CCN1CC2. The van der Waals surface area contributed by atoms with Gasteiger partial charge in [-0.15, -0.1) is 0 Å². The van der Waals surface area contributed by atoms with Gasteiger partial charge in [0.05, 0.1) is 5.92 Å². The molecule has 0 spiro atoms. The quantitative estimate of drug-likeness (QED) is 0.564. The zero-order chi connectivity index (χ0) is 8.55. The summed E-state index contributed by atoms with van der Waals surface area (Å²) in [6, 6.07) is 0. The second kappa shape index (κ2) is 3.15. The molecule has 3 rings (SSSR count). The molecule has 3 nitrogen and oxygen atoms in total. The van der Waals surface area contributed by atoms with E-state index in [1.165, 1.54) is 12.8 Å². The van der Waals surface area contributed by atoms with Crippen molar-refractivity contribution < 1.29 is 9.53 Å². The van der Waals surface area contributed by atoms with Gasteiger partial charge in [-0.3, -0.25) is 4.90 Å². The molecule has 2 bridgehead atoms. The molecule has 2 unspecified atom stereocenters. The van der Waals surface area contributed by atoms with Gasteiger partial charge in [0.2, 0.25) is 0 Å². The molecule has 0 aromatic rings. The predicted molar refractivity (Wildman–Crippen MR) is 44.6 cm³/mol. The lowest BCUT2D eigenvalue weighted by molar-refractivity contribution is -0.154. The van der Waals surface area contributed by atoms with E-state index in [0.29, 0.717) is 5.92 Å². The monoisotopic (exact) mass is 169 g/mol. The maximum atomic E-state index is 10.8. The summed E-state index contributed by atoms with van der Waals surface area (Å²) >= 11 is 0. The molecule has 2 atom stereocenters. The van der Waals surface area contributed by atoms with Crippen molar-refractivity contribution in [2.75, 3.05) is 20.2 Å². The van der Waals surface area contributed by atoms with E-state index in [4.69, 9.17) is 4.74 Å². The maximum absolute atomic E-state index is 10.8. The molecule has 0 aromatic heterocycles. The van der Waals surface area contributed by atoms with Crippen molar-refractivity contribution in [3.63, 3.8) is 0 Å². The van der Waals surface area contributed by atoms with Crippen LogP contribution in [0.15, 0.2) is 0 Å². The molecule has 68 valence electrons. The molecule has 3 fully saturated rings. The summed E-state index contributed by atoms with van der Waals surface area (Å²) in [4.78, 5) is 13.1. The molecule has 0 saturated carbocycles. The van der Waals surface area contributed by atoms with Crippen LogP contribution in [-0.2, 0) is 9.53 Å². The molecule has 12 heavy (non-hydrogen) atoms. The minimum Gasteiger partial charge on any atom is -0.366 e. The van der Waals surface area contributed by atoms with E-state index in [0.717, 1.165) is 19.4 Å². The molecule has 3 heterocycles. The number of hydrogen-bond acceptors (Lipinski definition) is 3. The van der Waals surface area contributed by atoms with Gasteiger partial charge in [-0.1, -0.05) is 0 Å². The zero-order valence-corrected chi connectivity index (χ0v) is 7.40. The highest BCUT2D eigenvalue weighted by atomic mass is 16.5. The Balaban J connectivity index is 2.15. The fourth-order valence-corrected chi connectivity index (χ4v) is 2.52. The minimum atomic E-state index is 0.0648. The topological polar surface area (TPSA) is 29.5 Å². The van der Waals surface area contributed by atoms with Gasteiger partial charge < -0.3 is 9.53 Å². The lowest BCUT2D eigenvalue weighted by Crippen LogP contribution is -2.56. The van der Waals surface area contributed by atoms with Gasteiger partial charge in [-0.25, -0.2) is 0 Å². The zero-order valence-electron chi connectivity index (χ0n) is 7.40. The highest BCUT2D eigenvalue weighted by molar-refractivity contribution is 5.55. The van der Waals surface area contributed by atoms with E-state index in [1.54, 1.807) is 7.11 Å². The van der Waals surface area contributed by atoms with Gasteiger partial charge in [0.15, 0.2) is 0 Å². The van der Waals surface area contributed by atoms with Crippen LogP contribution in [0.25, 0.3) is 0 Å². The van der Waals surface area contributed by atoms with Crippen LogP contribution in [0.1, 0.15) is 12.8 Å². The van der Waals surface area contributed by atoms with E-state index < -0.39 is 0 Å². The predicted octanol–water partition coefficient (Wildman–Crippen LogP) is 0.500. The molecule has 0 aliphatic carbocycles. The third kappa shape index (κ3) is 1.08. The molecule has 0 aromatic carbocycles. The Labute approximate surface area is 72.7 Å². The van der Waals surface area contributed by atoms with Crippen LogP contribution in [0.3, 0.4) is 0 Å². The van der Waals surface area contributed by atoms with Gasteiger partial charge in [0, 0.05) is 20.2 Å². The summed E-state index contributed by atoms with van der Waals surface area (Å²) in [6.07, 6.45) is 3.48. The summed E-state index contributed by atoms with van der Waals surface area (Å²) in [6.45, 7) is 2.21. The van der Waals surface area contributed by atoms with Gasteiger partial charge in [0.25, 0.3) is 0 Å². The van der Waals surface area contributed by atoms with E-state index in [1.807, 2.05) is 0 Å². The van der Waals surface area contributed by atoms with Crippen molar-refractivity contribution in [3.8, 4) is 0 Å². The third-order valence-electron chi connectivity index (χ3n) is 3.21. The van der Waals surface area contributed by atoms with Gasteiger partial charge in [0.1, 0.15) is 12.5 Å². The number of rotatable bonds is 2. The Bertz CT molecular complexity index is 175. The Hall–Kier alpha value is -0.410. The summed E-state index contributed by atoms with van der Waals surface area (Å²) in [5.41, 5.74) is 0. The first-order valence-corrected chi connectivity index (χ1v) is 4.59. The van der Waals surface area contributed by atoms with E-state index in [-0.39, 0.29) is 12.1 Å². The third-order valence-corrected chi connectivity index (χ3v) is 3.21. The van der Waals surface area contributed by atoms with E-state index >= 15 is 0 Å². The standard InChI is InChI=1S/C9H15NO2/c1-12-9-8(6-11)7-2-4-10(9)5-3-7/h6-9H,2-5H2,1H3. The van der Waals surface area contributed by atoms with Crippen molar-refractivity contribution in [2.45, 2.75) is 19.1 Å². The number of aldehydes is 1. The van der Waals surface area contributed by atoms with Gasteiger partial charge >= 0.3 is 0 Å². The molecule has 0 radical (unpaired) electrons. The number of methoxy groups -OCH3 is 1. The molecule has 0 N–H and O–H groups in total. The van der Waals surface area contributed by atoms with Crippen LogP contribution in [-0.4, -0.2) is 37.6 Å². The number of carbonyl (C=O) groups is 1. The highest BCUT2D eigenvalue weighted by Crippen LogP contribution is 2.35. The van der Waals surface area contributed by atoms with E-state index in [9.17, 15) is 4.79 Å². The molecule has 0 amide bonds. The van der Waals surface area contributed by atoms with Crippen molar-refractivity contribution in [1.82, 2.24) is 4.90 Å². The molecular weight excluding hydrogens is 154 g/mol. The van der Waals surface area contributed by atoms with Crippen molar-refractivity contribution in [3.05, 3.63) is 0 Å². The number of hydrogen-bond donors (Lipinski definition) is 0. The Morgan fingerprint density at radius 3 is 2.50 bits per heavy atom. The summed E-state index contributed by atoms with van der Waals surface area (Å²) in [5.74, 6) is 0.704. The van der Waals surface area contributed by atoms with Crippen molar-refractivity contribution in [1.29, 1.82) is 0 Å². The second-order valence-electron chi connectivity index (χ2n) is 3.71. The highest BCUT2D eigenvalue weighted by Gasteiger charge is 2.42. The van der Waals surface area contributed by atoms with Crippen LogP contribution < -0.4 is 0 Å². The second-order valence-corrected chi connectivity index (χ2v) is 3.71. The number of carbonyl (C=O) groups excluding carboxylic acids is 1. The number of nitrogens with zero attached hydrogens (tertiary/aromatic N) is 1. The minimum absolute atomic E-state index is 0.0648. The van der Waals surface area contributed by atoms with Crippen LogP contribution in [0.5, 0.6) is 0 Å². The number of fused-ring (bicyclic) bond motifs is 3. The fourth-order valence-electron chi connectivity index (χ4n) is 2.52. The average molecular weight is 169 g/mol. The molecule has 3 aliphatic heterocycles. The molecule has 3 heteroatoms. The van der Waals surface area contributed by atoms with Crippen molar-refractivity contribution in [2.24, 2.45) is 11.8 Å². The van der Waals surface area contributed by atoms with Crippen molar-refractivity contribution >= 4 is 6.29 Å². The van der Waals surface area contributed by atoms with Gasteiger partial charge in [-0.05, 0) is 18.8 Å². The largest absolute Gasteiger partial charge is 0.366 e. The normalized spacial score (nSPS) is 46.1. The smallest absolute Gasteiger partial charge is 0.127 e. The van der Waals surface area contributed by atoms with Crippen LogP contribution in [0, 0.1) is 11.8 Å². The Morgan fingerprint density at radius 1 is 1.42 bits per heavy atom. The maximum Gasteiger partial charge on any atom is 0.127 e. The Kier molecular flexibility index (Phi) is 2.15. The first-order chi connectivity index (χ1) is 5.86. The molecule has 3 aliphatic rings.